The molecule has 2 atom stereocenters. The highest BCUT2D eigenvalue weighted by molar-refractivity contribution is 5.92. The van der Waals surface area contributed by atoms with Crippen molar-refractivity contribution in [3.8, 4) is 11.5 Å². The minimum atomic E-state index is -2.90. The van der Waals surface area contributed by atoms with Crippen LogP contribution in [-0.2, 0) is 9.47 Å². The van der Waals surface area contributed by atoms with E-state index in [9.17, 15) is 13.2 Å². The number of alkyl halides is 2. The number of aryl methyl sites for hydroxylation is 1. The van der Waals surface area contributed by atoms with Crippen molar-refractivity contribution in [1.82, 2.24) is 9.97 Å². The molecule has 204 valence electrons. The zero-order valence-corrected chi connectivity index (χ0v) is 21.5. The molecule has 2 saturated heterocycles. The highest BCUT2D eigenvalue weighted by Gasteiger charge is 2.24. The molecule has 10 heteroatoms. The van der Waals surface area contributed by atoms with Gasteiger partial charge in [0.25, 0.3) is 6.43 Å². The minimum Gasteiger partial charge on any atom is -0.489 e. The van der Waals surface area contributed by atoms with Gasteiger partial charge >= 0.3 is 0 Å². The molecule has 2 aliphatic heterocycles. The highest BCUT2D eigenvalue weighted by Crippen LogP contribution is 2.38. The fraction of sp³-hybridized carbons (Fsp3) is 0.500. The van der Waals surface area contributed by atoms with Crippen LogP contribution in [0.25, 0.3) is 10.9 Å². The lowest BCUT2D eigenvalue weighted by Crippen LogP contribution is -2.22. The number of fused-ring (bicyclic) bond motifs is 1. The summed E-state index contributed by atoms with van der Waals surface area (Å²) in [6.07, 6.45) is -0.356. The molecule has 3 aromatic rings. The molecule has 0 radical (unpaired) electrons. The number of halogens is 3. The predicted molar refractivity (Wildman–Crippen MR) is 137 cm³/mol. The third kappa shape index (κ3) is 5.96. The maximum absolute atomic E-state index is 14.8. The van der Waals surface area contributed by atoms with Gasteiger partial charge in [-0.05, 0) is 38.7 Å². The van der Waals surface area contributed by atoms with E-state index in [1.54, 1.807) is 13.8 Å². The van der Waals surface area contributed by atoms with Gasteiger partial charge in [0.1, 0.15) is 23.6 Å². The largest absolute Gasteiger partial charge is 0.489 e. The van der Waals surface area contributed by atoms with Crippen LogP contribution in [0.1, 0.15) is 55.6 Å². The van der Waals surface area contributed by atoms with Gasteiger partial charge in [-0.1, -0.05) is 18.2 Å². The lowest BCUT2D eigenvalue weighted by atomic mass is 10.0. The first kappa shape index (κ1) is 26.5. The molecule has 1 aromatic heterocycles. The number of nitrogens with one attached hydrogen (secondary N) is 1. The van der Waals surface area contributed by atoms with Crippen molar-refractivity contribution in [2.75, 3.05) is 38.4 Å². The van der Waals surface area contributed by atoms with E-state index in [0.29, 0.717) is 59.8 Å². The van der Waals surface area contributed by atoms with Gasteiger partial charge in [0, 0.05) is 36.7 Å². The molecule has 3 heterocycles. The third-order valence-corrected chi connectivity index (χ3v) is 6.98. The maximum Gasteiger partial charge on any atom is 0.266 e. The van der Waals surface area contributed by atoms with E-state index < -0.39 is 23.8 Å². The first-order valence-electron chi connectivity index (χ1n) is 13.0. The van der Waals surface area contributed by atoms with E-state index in [4.69, 9.17) is 18.9 Å². The zero-order valence-electron chi connectivity index (χ0n) is 21.5. The Morgan fingerprint density at radius 3 is 2.53 bits per heavy atom. The van der Waals surface area contributed by atoms with Gasteiger partial charge in [-0.25, -0.2) is 23.1 Å². The number of rotatable bonds is 9. The molecule has 0 amide bonds. The number of ether oxygens (including phenoxy) is 4. The number of nitrogens with zero attached hydrogens (tertiary/aromatic N) is 2. The average Bonchev–Trinajstić information content (AvgIpc) is 3.41. The van der Waals surface area contributed by atoms with Gasteiger partial charge < -0.3 is 24.3 Å². The van der Waals surface area contributed by atoms with E-state index in [0.717, 1.165) is 38.5 Å². The van der Waals surface area contributed by atoms with Crippen molar-refractivity contribution >= 4 is 16.7 Å². The molecule has 2 aliphatic rings. The monoisotopic (exact) mass is 531 g/mol. The fourth-order valence-electron chi connectivity index (χ4n) is 4.83. The Morgan fingerprint density at radius 1 is 1.03 bits per heavy atom. The Kier molecular flexibility index (Phi) is 8.18. The summed E-state index contributed by atoms with van der Waals surface area (Å²) in [6, 6.07) is 7.04. The van der Waals surface area contributed by atoms with Crippen LogP contribution in [0.5, 0.6) is 11.5 Å². The van der Waals surface area contributed by atoms with E-state index in [1.807, 2.05) is 12.1 Å². The van der Waals surface area contributed by atoms with Crippen LogP contribution >= 0.6 is 0 Å². The van der Waals surface area contributed by atoms with Crippen LogP contribution in [0, 0.1) is 18.7 Å². The summed E-state index contributed by atoms with van der Waals surface area (Å²) in [6.45, 7) is 6.59. The Hall–Kier alpha value is -3.11. The van der Waals surface area contributed by atoms with Crippen molar-refractivity contribution < 1.29 is 32.1 Å². The summed E-state index contributed by atoms with van der Waals surface area (Å²) in [5, 5.41) is 3.86. The van der Waals surface area contributed by atoms with Gasteiger partial charge in [0.15, 0.2) is 11.5 Å². The Balaban J connectivity index is 1.47. The van der Waals surface area contributed by atoms with Gasteiger partial charge in [0.05, 0.1) is 36.9 Å². The lowest BCUT2D eigenvalue weighted by molar-refractivity contribution is 0.0488. The molecule has 0 bridgehead atoms. The summed E-state index contributed by atoms with van der Waals surface area (Å²) < 4.78 is 64.9. The molecule has 5 rings (SSSR count). The van der Waals surface area contributed by atoms with Crippen molar-refractivity contribution in [3.63, 3.8) is 0 Å². The molecule has 0 aliphatic carbocycles. The van der Waals surface area contributed by atoms with Crippen LogP contribution in [-0.4, -0.2) is 49.1 Å². The zero-order chi connectivity index (χ0) is 26.6. The van der Waals surface area contributed by atoms with E-state index in [-0.39, 0.29) is 11.7 Å². The first-order chi connectivity index (χ1) is 18.4. The van der Waals surface area contributed by atoms with Gasteiger partial charge in [0.2, 0.25) is 0 Å². The molecule has 1 N–H and O–H groups in total. The number of anilines is 1. The molecule has 0 spiro atoms. The van der Waals surface area contributed by atoms with Crippen LogP contribution in [0.2, 0.25) is 0 Å². The SMILES string of the molecule is Cc1nc(NC(C)c2cccc(C(F)F)c2F)c2cc(O[C@H]3CCOC3)c(OCC3CCOCC3)cc2n1. The van der Waals surface area contributed by atoms with Gasteiger partial charge in [-0.3, -0.25) is 0 Å². The first-order valence-corrected chi connectivity index (χ1v) is 13.0. The second-order valence-electron chi connectivity index (χ2n) is 9.82. The summed E-state index contributed by atoms with van der Waals surface area (Å²) in [5.41, 5.74) is 0.134. The van der Waals surface area contributed by atoms with E-state index in [1.165, 1.54) is 12.1 Å². The fourth-order valence-corrected chi connectivity index (χ4v) is 4.83. The Bertz CT molecular complexity index is 1260. The molecule has 2 fully saturated rings. The van der Waals surface area contributed by atoms with Crippen LogP contribution in [0.3, 0.4) is 0 Å². The van der Waals surface area contributed by atoms with Crippen molar-refractivity contribution in [1.29, 1.82) is 0 Å². The van der Waals surface area contributed by atoms with Crippen LogP contribution in [0.15, 0.2) is 30.3 Å². The summed E-state index contributed by atoms with van der Waals surface area (Å²) in [7, 11) is 0. The summed E-state index contributed by atoms with van der Waals surface area (Å²) in [5.74, 6) is 1.56. The molecule has 0 saturated carbocycles. The summed E-state index contributed by atoms with van der Waals surface area (Å²) in [4.78, 5) is 9.14. The lowest BCUT2D eigenvalue weighted by Gasteiger charge is -2.24. The average molecular weight is 532 g/mol. The smallest absolute Gasteiger partial charge is 0.266 e. The number of hydrogen-bond acceptors (Lipinski definition) is 7. The molecular formula is C28H32F3N3O4. The molecule has 38 heavy (non-hydrogen) atoms. The minimum absolute atomic E-state index is 0.106. The van der Waals surface area contributed by atoms with Crippen molar-refractivity contribution in [2.24, 2.45) is 5.92 Å². The van der Waals surface area contributed by atoms with Gasteiger partial charge in [-0.2, -0.15) is 0 Å². The standard InChI is InChI=1S/C28H32F3N3O4/c1-16(20-4-3-5-21(26(20)29)27(30)31)32-28-22-12-25(38-19-8-11-36-15-19)24(13-23(22)33-17(2)34-28)37-14-18-6-9-35-10-7-18/h3-5,12-13,16,18-19,27H,6-11,14-15H2,1-2H3,(H,32,33,34)/t16?,19-/m0/s1. The predicted octanol–water partition coefficient (Wildman–Crippen LogP) is 6.16. The summed E-state index contributed by atoms with van der Waals surface area (Å²) >= 11 is 0. The topological polar surface area (TPSA) is 74.7 Å². The quantitative estimate of drug-likeness (QED) is 0.354. The van der Waals surface area contributed by atoms with E-state index in [2.05, 4.69) is 15.3 Å². The molecular weight excluding hydrogens is 499 g/mol. The normalized spacial score (nSPS) is 19.2. The third-order valence-electron chi connectivity index (χ3n) is 6.98. The van der Waals surface area contributed by atoms with E-state index >= 15 is 0 Å². The second-order valence-corrected chi connectivity index (χ2v) is 9.82. The Labute approximate surface area is 219 Å². The van der Waals surface area contributed by atoms with Crippen LogP contribution in [0.4, 0.5) is 19.0 Å². The number of aromatic nitrogens is 2. The molecule has 2 aromatic carbocycles. The van der Waals surface area contributed by atoms with Crippen molar-refractivity contribution in [2.45, 2.75) is 51.7 Å². The second kappa shape index (κ2) is 11.7. The maximum atomic E-state index is 14.8. The number of benzene rings is 2. The molecule has 1 unspecified atom stereocenters. The van der Waals surface area contributed by atoms with Gasteiger partial charge in [-0.15, -0.1) is 0 Å². The highest BCUT2D eigenvalue weighted by atomic mass is 19.3. The van der Waals surface area contributed by atoms with Crippen molar-refractivity contribution in [3.05, 3.63) is 53.1 Å². The Morgan fingerprint density at radius 2 is 1.79 bits per heavy atom. The molecule has 7 nitrogen and oxygen atoms in total. The number of hydrogen-bond donors (Lipinski definition) is 1. The van der Waals surface area contributed by atoms with Crippen LogP contribution < -0.4 is 14.8 Å².